The summed E-state index contributed by atoms with van der Waals surface area (Å²) in [5.74, 6) is 4.23. The predicted molar refractivity (Wildman–Crippen MR) is 168 cm³/mol. The Morgan fingerprint density at radius 1 is 1.18 bits per heavy atom. The van der Waals surface area contributed by atoms with Gasteiger partial charge in [-0.05, 0) is 86.5 Å². The number of aliphatic hydroxyl groups excluding tert-OH is 1. The van der Waals surface area contributed by atoms with E-state index in [4.69, 9.17) is 4.74 Å². The number of methoxy groups -OCH3 is 1. The number of nitrogens with one attached hydrogen (secondary N) is 2. The molecule has 0 amide bonds. The Kier molecular flexibility index (Phi) is 9.87. The van der Waals surface area contributed by atoms with Gasteiger partial charge in [0.1, 0.15) is 6.61 Å². The summed E-state index contributed by atoms with van der Waals surface area (Å²) in [5.41, 5.74) is 4.16. The van der Waals surface area contributed by atoms with Crippen molar-refractivity contribution >= 4 is 22.5 Å². The van der Waals surface area contributed by atoms with E-state index in [0.29, 0.717) is 22.3 Å². The van der Waals surface area contributed by atoms with Gasteiger partial charge in [-0.2, -0.15) is 13.2 Å². The number of hydrogen-bond acceptors (Lipinski definition) is 7. The summed E-state index contributed by atoms with van der Waals surface area (Å²) in [5, 5.41) is 16.1. The Morgan fingerprint density at radius 2 is 1.91 bits per heavy atom. The Labute approximate surface area is 259 Å². The van der Waals surface area contributed by atoms with Crippen LogP contribution in [0.15, 0.2) is 53.6 Å². The van der Waals surface area contributed by atoms with Crippen LogP contribution in [0.4, 0.5) is 24.8 Å². The van der Waals surface area contributed by atoms with Gasteiger partial charge in [0, 0.05) is 31.8 Å². The fraction of sp³-hybridized carbons (Fsp3) is 0.382. The molecule has 0 bridgehead atoms. The summed E-state index contributed by atoms with van der Waals surface area (Å²) in [6, 6.07) is 10.7. The van der Waals surface area contributed by atoms with E-state index in [1.807, 2.05) is 32.0 Å². The second-order valence-corrected chi connectivity index (χ2v) is 11.2. The number of aromatic nitrogens is 3. The zero-order valence-corrected chi connectivity index (χ0v) is 25.5. The van der Waals surface area contributed by atoms with Gasteiger partial charge in [-0.15, -0.1) is 0 Å². The monoisotopic (exact) mass is 619 g/mol. The quantitative estimate of drug-likeness (QED) is 0.220. The zero-order valence-electron chi connectivity index (χ0n) is 25.5. The summed E-state index contributed by atoms with van der Waals surface area (Å²) in [4.78, 5) is 22.7. The third-order valence-electron chi connectivity index (χ3n) is 8.18. The van der Waals surface area contributed by atoms with E-state index in [-0.39, 0.29) is 35.0 Å². The minimum atomic E-state index is -4.53. The third kappa shape index (κ3) is 7.04. The highest BCUT2D eigenvalue weighted by Crippen LogP contribution is 2.43. The molecule has 8 nitrogen and oxygen atoms in total. The number of rotatable bonds is 8. The van der Waals surface area contributed by atoms with Crippen LogP contribution in [-0.4, -0.2) is 59.2 Å². The van der Waals surface area contributed by atoms with Gasteiger partial charge in [-0.25, -0.2) is 9.97 Å². The molecule has 1 atom stereocenters. The first-order valence-corrected chi connectivity index (χ1v) is 14.9. The molecule has 3 heterocycles. The van der Waals surface area contributed by atoms with Gasteiger partial charge in [0.2, 0.25) is 5.95 Å². The molecule has 0 spiro atoms. The van der Waals surface area contributed by atoms with E-state index in [9.17, 15) is 23.1 Å². The standard InChI is InChI=1S/C34H36F3N5O3/c1-21-6-4-7-22(2)31(21)42-20-24(8-5-17-45-3)30-28(32(42)44)19-39-33(41-30)40-25-9-10-26(23-11-14-38-15-12-23)27(18-25)29(13-16-43)34(35,36)37/h4,6-7,9-10,18-20,23,29,38,43H,11-17H2,1-3H3,(H,39,40,41). The van der Waals surface area contributed by atoms with Crippen LogP contribution < -0.4 is 16.2 Å². The fourth-order valence-electron chi connectivity index (χ4n) is 6.04. The van der Waals surface area contributed by atoms with Crippen molar-refractivity contribution in [3.63, 3.8) is 0 Å². The molecule has 4 aromatic rings. The molecule has 0 aliphatic carbocycles. The number of hydrogen-bond donors (Lipinski definition) is 3. The lowest BCUT2D eigenvalue weighted by molar-refractivity contribution is -0.153. The number of piperidine rings is 1. The van der Waals surface area contributed by atoms with E-state index < -0.39 is 25.1 Å². The highest BCUT2D eigenvalue weighted by molar-refractivity contribution is 5.84. The maximum absolute atomic E-state index is 14.3. The maximum Gasteiger partial charge on any atom is 0.395 e. The molecule has 3 N–H and O–H groups in total. The number of pyridine rings is 1. The van der Waals surface area contributed by atoms with Crippen molar-refractivity contribution in [1.82, 2.24) is 19.9 Å². The van der Waals surface area contributed by atoms with Crippen molar-refractivity contribution in [3.05, 3.63) is 87.0 Å². The predicted octanol–water partition coefficient (Wildman–Crippen LogP) is 5.63. The summed E-state index contributed by atoms with van der Waals surface area (Å²) in [6.07, 6.45) is -0.462. The highest BCUT2D eigenvalue weighted by Gasteiger charge is 2.42. The Bertz CT molecular complexity index is 1780. The van der Waals surface area contributed by atoms with Gasteiger partial charge < -0.3 is 20.5 Å². The van der Waals surface area contributed by atoms with Crippen LogP contribution in [0.3, 0.4) is 0 Å². The largest absolute Gasteiger partial charge is 0.396 e. The molecule has 1 unspecified atom stereocenters. The summed E-state index contributed by atoms with van der Waals surface area (Å²) in [7, 11) is 1.53. The SMILES string of the molecule is COCC#Cc1cn(-c2c(C)cccc2C)c(=O)c2cnc(Nc3ccc(C4CCNCC4)c(C(CCO)C(F)(F)F)c3)nc12. The van der Waals surface area contributed by atoms with Crippen molar-refractivity contribution in [2.45, 2.75) is 51.1 Å². The average Bonchev–Trinajstić information content (AvgIpc) is 3.01. The summed E-state index contributed by atoms with van der Waals surface area (Å²) >= 11 is 0. The molecular formula is C34H36F3N5O3. The smallest absolute Gasteiger partial charge is 0.395 e. The van der Waals surface area contributed by atoms with Gasteiger partial charge in [-0.1, -0.05) is 36.1 Å². The number of fused-ring (bicyclic) bond motifs is 1. The number of para-hydroxylation sites is 1. The zero-order chi connectivity index (χ0) is 32.1. The van der Waals surface area contributed by atoms with Crippen LogP contribution in [0, 0.1) is 25.7 Å². The molecule has 5 rings (SSSR count). The first-order chi connectivity index (χ1) is 21.6. The van der Waals surface area contributed by atoms with Crippen LogP contribution in [-0.2, 0) is 4.74 Å². The molecule has 2 aromatic heterocycles. The van der Waals surface area contributed by atoms with Crippen LogP contribution in [0.2, 0.25) is 0 Å². The van der Waals surface area contributed by atoms with E-state index in [2.05, 4.69) is 32.4 Å². The molecule has 1 aliphatic rings. The average molecular weight is 620 g/mol. The highest BCUT2D eigenvalue weighted by atomic mass is 19.4. The number of ether oxygens (including phenoxy) is 1. The Balaban J connectivity index is 1.60. The second kappa shape index (κ2) is 13.8. The number of anilines is 2. The van der Waals surface area contributed by atoms with Gasteiger partial charge in [-0.3, -0.25) is 9.36 Å². The number of benzene rings is 2. The number of aliphatic hydroxyl groups is 1. The van der Waals surface area contributed by atoms with E-state index in [1.165, 1.54) is 19.4 Å². The minimum Gasteiger partial charge on any atom is -0.396 e. The number of nitrogens with zero attached hydrogens (tertiary/aromatic N) is 3. The molecule has 0 radical (unpaired) electrons. The van der Waals surface area contributed by atoms with Crippen molar-refractivity contribution in [2.24, 2.45) is 0 Å². The molecule has 0 saturated carbocycles. The summed E-state index contributed by atoms with van der Waals surface area (Å²) in [6.45, 7) is 4.88. The molecule has 11 heteroatoms. The first-order valence-electron chi connectivity index (χ1n) is 14.9. The molecular weight excluding hydrogens is 583 g/mol. The van der Waals surface area contributed by atoms with Crippen LogP contribution in [0.25, 0.3) is 16.6 Å². The van der Waals surface area contributed by atoms with E-state index in [0.717, 1.165) is 42.7 Å². The van der Waals surface area contributed by atoms with Crippen molar-refractivity contribution in [3.8, 4) is 17.5 Å². The second-order valence-electron chi connectivity index (χ2n) is 11.2. The van der Waals surface area contributed by atoms with Crippen LogP contribution in [0.5, 0.6) is 0 Å². The minimum absolute atomic E-state index is 0.0250. The lowest BCUT2D eigenvalue weighted by atomic mass is 9.81. The van der Waals surface area contributed by atoms with Crippen LogP contribution >= 0.6 is 0 Å². The first kappa shape index (κ1) is 32.2. The molecule has 1 aliphatic heterocycles. The lowest BCUT2D eigenvalue weighted by Crippen LogP contribution is -2.29. The van der Waals surface area contributed by atoms with E-state index in [1.54, 1.807) is 22.9 Å². The Hall–Kier alpha value is -4.24. The Morgan fingerprint density at radius 3 is 2.58 bits per heavy atom. The third-order valence-corrected chi connectivity index (χ3v) is 8.18. The van der Waals surface area contributed by atoms with Crippen molar-refractivity contribution in [2.75, 3.05) is 38.7 Å². The number of aryl methyl sites for hydroxylation is 2. The molecule has 2 aromatic carbocycles. The van der Waals surface area contributed by atoms with Crippen LogP contribution in [0.1, 0.15) is 58.9 Å². The normalized spacial score (nSPS) is 14.6. The van der Waals surface area contributed by atoms with Gasteiger partial charge >= 0.3 is 6.18 Å². The van der Waals surface area contributed by atoms with Crippen molar-refractivity contribution in [1.29, 1.82) is 0 Å². The fourth-order valence-corrected chi connectivity index (χ4v) is 6.04. The molecule has 45 heavy (non-hydrogen) atoms. The van der Waals surface area contributed by atoms with Gasteiger partial charge in [0.15, 0.2) is 0 Å². The molecule has 1 saturated heterocycles. The molecule has 236 valence electrons. The van der Waals surface area contributed by atoms with Gasteiger partial charge in [0.05, 0.1) is 28.1 Å². The molecule has 1 fully saturated rings. The van der Waals surface area contributed by atoms with Gasteiger partial charge in [0.25, 0.3) is 5.56 Å². The number of alkyl halides is 3. The van der Waals surface area contributed by atoms with E-state index >= 15 is 0 Å². The topological polar surface area (TPSA) is 101 Å². The number of halogens is 3. The summed E-state index contributed by atoms with van der Waals surface area (Å²) < 4.78 is 49.4. The van der Waals surface area contributed by atoms with Crippen molar-refractivity contribution < 1.29 is 23.0 Å². The lowest BCUT2D eigenvalue weighted by Gasteiger charge is -2.29. The maximum atomic E-state index is 14.3.